The van der Waals surface area contributed by atoms with Crippen molar-refractivity contribution in [1.29, 1.82) is 0 Å². The zero-order chi connectivity index (χ0) is 24.6. The Morgan fingerprint density at radius 1 is 0.706 bits per heavy atom. The van der Waals surface area contributed by atoms with Gasteiger partial charge in [0.05, 0.1) is 15.9 Å². The van der Waals surface area contributed by atoms with Crippen molar-refractivity contribution in [3.8, 4) is 0 Å². The summed E-state index contributed by atoms with van der Waals surface area (Å²) in [5, 5.41) is 0. The molecule has 7 heteroatoms. The summed E-state index contributed by atoms with van der Waals surface area (Å²) in [4.78, 5) is 13.1. The van der Waals surface area contributed by atoms with Crippen molar-refractivity contribution in [3.63, 3.8) is 0 Å². The summed E-state index contributed by atoms with van der Waals surface area (Å²) >= 11 is 0. The molecule has 0 unspecified atom stereocenters. The van der Waals surface area contributed by atoms with Gasteiger partial charge in [-0.3, -0.25) is 4.79 Å². The summed E-state index contributed by atoms with van der Waals surface area (Å²) in [5.74, 6) is -0.793. The maximum atomic E-state index is 11.8. The van der Waals surface area contributed by atoms with Crippen LogP contribution in [0.15, 0.2) is 12.2 Å². The summed E-state index contributed by atoms with van der Waals surface area (Å²) < 4.78 is 31.8. The first-order valence-electron chi connectivity index (χ1n) is 13.7. The molecule has 0 aromatic rings. The van der Waals surface area contributed by atoms with Crippen molar-refractivity contribution < 1.29 is 69.1 Å². The third kappa shape index (κ3) is 29.0. The Labute approximate surface area is 254 Å². The predicted octanol–water partition coefficient (Wildman–Crippen LogP) is 4.37. The number of amides is 1. The van der Waals surface area contributed by atoms with Crippen LogP contribution in [0.5, 0.6) is 0 Å². The fraction of sp³-hybridized carbons (Fsp3) is 0.889. The standard InChI is InChI=1S/C27H53NO4S.K/c1-3-4-5-6-7-8-9-10-11-12-13-14-15-16-17-18-19-20-21-22-23-24-27(29)28(2)25-26-33(30,31)32;/h23-24H,3-22,25-26H2,1-2H3,(H,30,31,32);/q;+1/p-1/b24-23+;. The summed E-state index contributed by atoms with van der Waals surface area (Å²) in [6.07, 6.45) is 30.1. The number of likely N-dealkylation sites (N-methyl/N-ethyl adjacent to an activating group) is 1. The van der Waals surface area contributed by atoms with Crippen LogP contribution in [0.3, 0.4) is 0 Å². The molecule has 0 saturated heterocycles. The van der Waals surface area contributed by atoms with Crippen molar-refractivity contribution in [2.75, 3.05) is 19.3 Å². The molecule has 0 saturated carbocycles. The monoisotopic (exact) mass is 525 g/mol. The molecule has 0 bridgehead atoms. The molecule has 1 amide bonds. The molecule has 0 aromatic carbocycles. The molecule has 0 atom stereocenters. The van der Waals surface area contributed by atoms with Crippen molar-refractivity contribution in [3.05, 3.63) is 12.2 Å². The van der Waals surface area contributed by atoms with Crippen molar-refractivity contribution in [2.24, 2.45) is 0 Å². The molecule has 5 nitrogen and oxygen atoms in total. The van der Waals surface area contributed by atoms with E-state index >= 15 is 0 Å². The molecule has 0 radical (unpaired) electrons. The largest absolute Gasteiger partial charge is 1.00 e. The quantitative estimate of drug-likeness (QED) is 0.0811. The van der Waals surface area contributed by atoms with Crippen molar-refractivity contribution in [1.82, 2.24) is 4.90 Å². The normalized spacial score (nSPS) is 11.6. The number of rotatable bonds is 24. The Kier molecular flexibility index (Phi) is 29.1. The van der Waals surface area contributed by atoms with Crippen LogP contribution in [0.1, 0.15) is 135 Å². The molecule has 0 aromatic heterocycles. The zero-order valence-electron chi connectivity index (χ0n) is 22.7. The third-order valence-electron chi connectivity index (χ3n) is 6.29. The molecule has 196 valence electrons. The van der Waals surface area contributed by atoms with Crippen LogP contribution < -0.4 is 51.4 Å². The summed E-state index contributed by atoms with van der Waals surface area (Å²) in [6.45, 7) is 2.22. The van der Waals surface area contributed by atoms with E-state index in [0.29, 0.717) is 0 Å². The molecule has 0 aliphatic rings. The maximum Gasteiger partial charge on any atom is 1.00 e. The van der Waals surface area contributed by atoms with E-state index in [0.717, 1.165) is 12.8 Å². The molecule has 34 heavy (non-hydrogen) atoms. The van der Waals surface area contributed by atoms with Gasteiger partial charge in [-0.05, 0) is 18.9 Å². The van der Waals surface area contributed by atoms with Crippen molar-refractivity contribution >= 4 is 16.0 Å². The fourth-order valence-electron chi connectivity index (χ4n) is 4.01. The molecular formula is C27H52KNO4S. The minimum absolute atomic E-state index is 0. The maximum absolute atomic E-state index is 11.8. The minimum atomic E-state index is -4.28. The van der Waals surface area contributed by atoms with Gasteiger partial charge in [0.15, 0.2) is 0 Å². The smallest absolute Gasteiger partial charge is 0.748 e. The number of unbranched alkanes of at least 4 members (excludes halogenated alkanes) is 19. The Morgan fingerprint density at radius 3 is 1.41 bits per heavy atom. The van der Waals surface area contributed by atoms with Crippen LogP contribution in [-0.4, -0.2) is 43.1 Å². The molecule has 0 rings (SSSR count). The van der Waals surface area contributed by atoms with Gasteiger partial charge in [0.1, 0.15) is 0 Å². The van der Waals surface area contributed by atoms with E-state index in [9.17, 15) is 17.8 Å². The fourth-order valence-corrected chi connectivity index (χ4v) is 4.51. The average molecular weight is 526 g/mol. The van der Waals surface area contributed by atoms with Gasteiger partial charge >= 0.3 is 51.4 Å². The van der Waals surface area contributed by atoms with E-state index in [-0.39, 0.29) is 63.8 Å². The van der Waals surface area contributed by atoms with Gasteiger partial charge in [-0.2, -0.15) is 0 Å². The molecule has 0 fully saturated rings. The molecule has 0 heterocycles. The third-order valence-corrected chi connectivity index (χ3v) is 6.97. The van der Waals surface area contributed by atoms with Gasteiger partial charge < -0.3 is 9.45 Å². The topological polar surface area (TPSA) is 77.5 Å². The molecule has 0 aliphatic carbocycles. The van der Waals surface area contributed by atoms with Crippen LogP contribution in [-0.2, 0) is 14.9 Å². The molecule has 0 aliphatic heterocycles. The SMILES string of the molecule is CCCCCCCCCCCCCCCCCCCCC/C=C/C(=O)N(C)CCS(=O)(=O)[O-].[K+]. The van der Waals surface area contributed by atoms with E-state index in [1.807, 2.05) is 6.08 Å². The van der Waals surface area contributed by atoms with Gasteiger partial charge in [-0.25, -0.2) is 8.42 Å². The Balaban J connectivity index is 0. The second kappa shape index (κ2) is 26.8. The predicted molar refractivity (Wildman–Crippen MR) is 139 cm³/mol. The van der Waals surface area contributed by atoms with Crippen LogP contribution in [0.25, 0.3) is 0 Å². The second-order valence-corrected chi connectivity index (χ2v) is 11.1. The summed E-state index contributed by atoms with van der Waals surface area (Å²) in [7, 11) is -2.77. The van der Waals surface area contributed by atoms with Gasteiger partial charge in [-0.1, -0.05) is 129 Å². The Hall–Kier alpha value is 0.756. The van der Waals surface area contributed by atoms with Gasteiger partial charge in [0.2, 0.25) is 5.91 Å². The van der Waals surface area contributed by atoms with Gasteiger partial charge in [0.25, 0.3) is 0 Å². The van der Waals surface area contributed by atoms with Gasteiger partial charge in [0, 0.05) is 13.6 Å². The number of hydrogen-bond donors (Lipinski definition) is 0. The van der Waals surface area contributed by atoms with E-state index in [4.69, 9.17) is 0 Å². The number of carbonyl (C=O) groups is 1. The van der Waals surface area contributed by atoms with Crippen LogP contribution in [0.4, 0.5) is 0 Å². The molecular weight excluding hydrogens is 473 g/mol. The Morgan fingerprint density at radius 2 is 1.06 bits per heavy atom. The van der Waals surface area contributed by atoms with Crippen LogP contribution >= 0.6 is 0 Å². The van der Waals surface area contributed by atoms with Gasteiger partial charge in [-0.15, -0.1) is 0 Å². The number of allylic oxidation sites excluding steroid dienone is 1. The van der Waals surface area contributed by atoms with Crippen molar-refractivity contribution in [2.45, 2.75) is 135 Å². The number of carbonyl (C=O) groups excluding carboxylic acids is 1. The first kappa shape index (κ1) is 36.9. The molecule has 0 spiro atoms. The van der Waals surface area contributed by atoms with Crippen LogP contribution in [0, 0.1) is 0 Å². The zero-order valence-corrected chi connectivity index (χ0v) is 26.6. The average Bonchev–Trinajstić information content (AvgIpc) is 2.77. The number of hydrogen-bond acceptors (Lipinski definition) is 4. The summed E-state index contributed by atoms with van der Waals surface area (Å²) in [6, 6.07) is 0. The second-order valence-electron chi connectivity index (χ2n) is 9.58. The Bertz CT molecular complexity index is 581. The van der Waals surface area contributed by atoms with E-state index in [1.165, 1.54) is 134 Å². The number of nitrogens with zero attached hydrogens (tertiary/aromatic N) is 1. The first-order chi connectivity index (χ1) is 15.9. The van der Waals surface area contributed by atoms with E-state index < -0.39 is 15.9 Å². The first-order valence-corrected chi connectivity index (χ1v) is 15.3. The molecule has 0 N–H and O–H groups in total. The van der Waals surface area contributed by atoms with E-state index in [2.05, 4.69) is 6.92 Å². The van der Waals surface area contributed by atoms with Crippen LogP contribution in [0.2, 0.25) is 0 Å². The minimum Gasteiger partial charge on any atom is -0.748 e. The summed E-state index contributed by atoms with van der Waals surface area (Å²) in [5.41, 5.74) is 0. The van der Waals surface area contributed by atoms with E-state index in [1.54, 1.807) is 0 Å².